The summed E-state index contributed by atoms with van der Waals surface area (Å²) in [5.41, 5.74) is 3.43. The van der Waals surface area contributed by atoms with Gasteiger partial charge in [-0.25, -0.2) is 15.0 Å². The van der Waals surface area contributed by atoms with E-state index in [0.29, 0.717) is 0 Å². The van der Waals surface area contributed by atoms with Crippen molar-refractivity contribution in [3.8, 4) is 0 Å². The van der Waals surface area contributed by atoms with Gasteiger partial charge < -0.3 is 10.2 Å². The summed E-state index contributed by atoms with van der Waals surface area (Å²) in [6.07, 6.45) is 1.93. The third kappa shape index (κ3) is 2.68. The van der Waals surface area contributed by atoms with Crippen LogP contribution in [0.4, 0.5) is 5.82 Å². The smallest absolute Gasteiger partial charge is 0.266 e. The van der Waals surface area contributed by atoms with E-state index in [9.17, 15) is 4.79 Å². The average Bonchev–Trinajstić information content (AvgIpc) is 3.14. The van der Waals surface area contributed by atoms with Crippen LogP contribution < -0.4 is 5.32 Å². The van der Waals surface area contributed by atoms with Crippen molar-refractivity contribution in [3.05, 3.63) is 33.7 Å². The Labute approximate surface area is 133 Å². The predicted molar refractivity (Wildman–Crippen MR) is 86.2 cm³/mol. The molecule has 0 aliphatic carbocycles. The summed E-state index contributed by atoms with van der Waals surface area (Å²) in [5, 5.41) is 3.05. The Morgan fingerprint density at radius 3 is 2.91 bits per heavy atom. The Bertz CT molecular complexity index is 699. The number of aryl methyl sites for hydroxylation is 2. The van der Waals surface area contributed by atoms with Gasteiger partial charge in [-0.05, 0) is 26.7 Å². The summed E-state index contributed by atoms with van der Waals surface area (Å²) < 4.78 is 0. The second-order valence-electron chi connectivity index (χ2n) is 5.40. The molecule has 0 bridgehead atoms. The summed E-state index contributed by atoms with van der Waals surface area (Å²) in [5.74, 6) is 1.57. The monoisotopic (exact) mass is 317 g/mol. The van der Waals surface area contributed by atoms with Gasteiger partial charge in [0, 0.05) is 19.7 Å². The second kappa shape index (κ2) is 6.00. The first-order chi connectivity index (χ1) is 10.6. The number of rotatable bonds is 3. The summed E-state index contributed by atoms with van der Waals surface area (Å²) >= 11 is 1.41. The molecule has 3 heterocycles. The molecule has 1 saturated heterocycles. The fraction of sp³-hybridized carbons (Fsp3) is 0.467. The van der Waals surface area contributed by atoms with E-state index in [1.54, 1.807) is 5.51 Å². The van der Waals surface area contributed by atoms with Crippen LogP contribution in [-0.4, -0.2) is 39.4 Å². The molecular formula is C15H19N5OS. The highest BCUT2D eigenvalue weighted by Gasteiger charge is 2.33. The molecule has 1 fully saturated rings. The van der Waals surface area contributed by atoms with Crippen LogP contribution in [0.5, 0.6) is 0 Å². The number of thiazole rings is 1. The molecule has 116 valence electrons. The zero-order valence-corrected chi connectivity index (χ0v) is 13.8. The number of nitrogens with zero attached hydrogens (tertiary/aromatic N) is 4. The molecule has 1 aliphatic rings. The lowest BCUT2D eigenvalue weighted by atomic mass is 10.1. The van der Waals surface area contributed by atoms with Crippen LogP contribution in [0, 0.1) is 13.8 Å². The highest BCUT2D eigenvalue weighted by Crippen LogP contribution is 2.33. The van der Waals surface area contributed by atoms with Crippen molar-refractivity contribution in [2.45, 2.75) is 32.7 Å². The van der Waals surface area contributed by atoms with E-state index in [0.717, 1.165) is 47.3 Å². The first kappa shape index (κ1) is 14.9. The van der Waals surface area contributed by atoms with Crippen LogP contribution in [0.15, 0.2) is 11.6 Å². The molecule has 1 N–H and O–H groups in total. The van der Waals surface area contributed by atoms with Crippen molar-refractivity contribution >= 4 is 23.1 Å². The minimum absolute atomic E-state index is 0.0165. The number of nitrogens with one attached hydrogen (secondary N) is 1. The highest BCUT2D eigenvalue weighted by molar-refractivity contribution is 7.11. The summed E-state index contributed by atoms with van der Waals surface area (Å²) in [6.45, 7) is 4.51. The van der Waals surface area contributed by atoms with Crippen molar-refractivity contribution in [2.24, 2.45) is 0 Å². The SMILES string of the molecule is CNc1cc([C@@H]2CCCN2C(=O)c2scnc2C)nc(C)n1. The van der Waals surface area contributed by atoms with E-state index in [1.165, 1.54) is 11.3 Å². The van der Waals surface area contributed by atoms with Crippen molar-refractivity contribution in [2.75, 3.05) is 18.9 Å². The molecule has 0 aromatic carbocycles. The quantitative estimate of drug-likeness (QED) is 0.942. The molecule has 0 spiro atoms. The Morgan fingerprint density at radius 2 is 2.23 bits per heavy atom. The molecule has 7 heteroatoms. The molecule has 0 unspecified atom stereocenters. The number of hydrogen-bond donors (Lipinski definition) is 1. The van der Waals surface area contributed by atoms with Gasteiger partial charge in [-0.3, -0.25) is 4.79 Å². The van der Waals surface area contributed by atoms with Gasteiger partial charge in [0.05, 0.1) is 22.9 Å². The maximum Gasteiger partial charge on any atom is 0.266 e. The van der Waals surface area contributed by atoms with Gasteiger partial charge in [-0.15, -0.1) is 11.3 Å². The summed E-state index contributed by atoms with van der Waals surface area (Å²) in [4.78, 5) is 28.5. The Balaban J connectivity index is 1.92. The van der Waals surface area contributed by atoms with Crippen LogP contribution in [0.2, 0.25) is 0 Å². The molecule has 2 aromatic rings. The normalized spacial score (nSPS) is 17.8. The molecule has 3 rings (SSSR count). The molecule has 6 nitrogen and oxygen atoms in total. The lowest BCUT2D eigenvalue weighted by Crippen LogP contribution is -2.31. The second-order valence-corrected chi connectivity index (χ2v) is 6.25. The van der Waals surface area contributed by atoms with E-state index in [2.05, 4.69) is 20.3 Å². The number of aromatic nitrogens is 3. The van der Waals surface area contributed by atoms with E-state index in [4.69, 9.17) is 0 Å². The molecule has 2 aromatic heterocycles. The van der Waals surface area contributed by atoms with Gasteiger partial charge in [0.15, 0.2) is 0 Å². The van der Waals surface area contributed by atoms with Crippen molar-refractivity contribution < 1.29 is 4.79 Å². The molecule has 1 atom stereocenters. The number of carbonyl (C=O) groups is 1. The average molecular weight is 317 g/mol. The zero-order valence-electron chi connectivity index (χ0n) is 13.0. The highest BCUT2D eigenvalue weighted by atomic mass is 32.1. The standard InChI is InChI=1S/C15H19N5OS/c1-9-14(22-8-17-9)15(21)20-6-4-5-12(20)11-7-13(16-3)19-10(2)18-11/h7-8,12H,4-6H2,1-3H3,(H,16,18,19)/t12-/m0/s1. The fourth-order valence-electron chi connectivity index (χ4n) is 2.84. The van der Waals surface area contributed by atoms with Gasteiger partial charge >= 0.3 is 0 Å². The third-order valence-electron chi connectivity index (χ3n) is 3.91. The lowest BCUT2D eigenvalue weighted by molar-refractivity contribution is 0.0736. The predicted octanol–water partition coefficient (Wildman–Crippen LogP) is 2.57. The van der Waals surface area contributed by atoms with Gasteiger partial charge in [0.25, 0.3) is 5.91 Å². The van der Waals surface area contributed by atoms with Gasteiger partial charge in [-0.2, -0.15) is 0 Å². The molecule has 1 aliphatic heterocycles. The van der Waals surface area contributed by atoms with E-state index in [-0.39, 0.29) is 11.9 Å². The minimum atomic E-state index is 0.0165. The molecule has 1 amide bonds. The van der Waals surface area contributed by atoms with Crippen LogP contribution in [0.25, 0.3) is 0 Å². The fourth-order valence-corrected chi connectivity index (χ4v) is 3.60. The third-order valence-corrected chi connectivity index (χ3v) is 4.83. The van der Waals surface area contributed by atoms with E-state index < -0.39 is 0 Å². The molecule has 22 heavy (non-hydrogen) atoms. The van der Waals surface area contributed by atoms with Crippen LogP contribution >= 0.6 is 11.3 Å². The Hall–Kier alpha value is -2.02. The number of anilines is 1. The van der Waals surface area contributed by atoms with Crippen molar-refractivity contribution in [3.63, 3.8) is 0 Å². The lowest BCUT2D eigenvalue weighted by Gasteiger charge is -2.24. The Kier molecular flexibility index (Phi) is 4.06. The number of carbonyl (C=O) groups excluding carboxylic acids is 1. The van der Waals surface area contributed by atoms with Crippen LogP contribution in [-0.2, 0) is 0 Å². The maximum atomic E-state index is 12.8. The summed E-state index contributed by atoms with van der Waals surface area (Å²) in [6, 6.07) is 1.95. The van der Waals surface area contributed by atoms with Gasteiger partial charge in [-0.1, -0.05) is 0 Å². The maximum absolute atomic E-state index is 12.8. The van der Waals surface area contributed by atoms with E-state index >= 15 is 0 Å². The zero-order chi connectivity index (χ0) is 15.7. The molecule has 0 radical (unpaired) electrons. The minimum Gasteiger partial charge on any atom is -0.373 e. The number of hydrogen-bond acceptors (Lipinski definition) is 6. The summed E-state index contributed by atoms with van der Waals surface area (Å²) in [7, 11) is 1.84. The van der Waals surface area contributed by atoms with E-state index in [1.807, 2.05) is 31.9 Å². The van der Waals surface area contributed by atoms with Crippen LogP contribution in [0.3, 0.4) is 0 Å². The number of amides is 1. The van der Waals surface area contributed by atoms with Crippen molar-refractivity contribution in [1.82, 2.24) is 19.9 Å². The molecule has 0 saturated carbocycles. The Morgan fingerprint density at radius 1 is 1.41 bits per heavy atom. The largest absolute Gasteiger partial charge is 0.373 e. The number of likely N-dealkylation sites (tertiary alicyclic amines) is 1. The van der Waals surface area contributed by atoms with Crippen molar-refractivity contribution in [1.29, 1.82) is 0 Å². The first-order valence-corrected chi connectivity index (χ1v) is 8.22. The topological polar surface area (TPSA) is 71.0 Å². The molecular weight excluding hydrogens is 298 g/mol. The van der Waals surface area contributed by atoms with Gasteiger partial charge in [0.2, 0.25) is 0 Å². The first-order valence-electron chi connectivity index (χ1n) is 7.34. The van der Waals surface area contributed by atoms with Crippen LogP contribution in [0.1, 0.15) is 45.8 Å². The van der Waals surface area contributed by atoms with Gasteiger partial charge in [0.1, 0.15) is 16.5 Å².